The van der Waals surface area contributed by atoms with Gasteiger partial charge in [0.1, 0.15) is 0 Å². The Kier molecular flexibility index (Phi) is 5.53. The Balaban J connectivity index is 1.82. The number of rotatable bonds is 5. The van der Waals surface area contributed by atoms with E-state index in [1.165, 1.54) is 0 Å². The SMILES string of the molecule is CC(CO)c1cc(C(=O)NCC2CCCC(F)(F)C2)c2c(Cl)cccn12. The first kappa shape index (κ1) is 19.1. The smallest absolute Gasteiger partial charge is 0.253 e. The van der Waals surface area contributed by atoms with Crippen molar-refractivity contribution in [3.63, 3.8) is 0 Å². The quantitative estimate of drug-likeness (QED) is 0.810. The lowest BCUT2D eigenvalue weighted by Gasteiger charge is -2.28. The maximum Gasteiger partial charge on any atom is 0.253 e. The van der Waals surface area contributed by atoms with Crippen molar-refractivity contribution in [2.24, 2.45) is 5.92 Å². The van der Waals surface area contributed by atoms with E-state index >= 15 is 0 Å². The molecule has 2 aromatic heterocycles. The molecule has 0 bridgehead atoms. The number of fused-ring (bicyclic) bond motifs is 1. The summed E-state index contributed by atoms with van der Waals surface area (Å²) in [6, 6.07) is 5.18. The fraction of sp³-hybridized carbons (Fsp3) is 0.526. The van der Waals surface area contributed by atoms with Gasteiger partial charge in [-0.3, -0.25) is 4.79 Å². The topological polar surface area (TPSA) is 53.7 Å². The van der Waals surface area contributed by atoms with Crippen LogP contribution in [0.2, 0.25) is 5.02 Å². The second-order valence-electron chi connectivity index (χ2n) is 7.17. The molecule has 1 fully saturated rings. The van der Waals surface area contributed by atoms with Crippen molar-refractivity contribution >= 4 is 23.0 Å². The normalized spacial score (nSPS) is 20.9. The van der Waals surface area contributed by atoms with Crippen molar-refractivity contribution in [2.45, 2.75) is 44.4 Å². The third-order valence-electron chi connectivity index (χ3n) is 5.09. The number of amides is 1. The number of aliphatic hydroxyl groups is 1. The average molecular weight is 385 g/mol. The predicted octanol–water partition coefficient (Wildman–Crippen LogP) is 4.24. The van der Waals surface area contributed by atoms with Crippen LogP contribution < -0.4 is 5.32 Å². The van der Waals surface area contributed by atoms with Gasteiger partial charge >= 0.3 is 0 Å². The molecule has 142 valence electrons. The molecule has 0 spiro atoms. The molecule has 0 radical (unpaired) electrons. The van der Waals surface area contributed by atoms with Gasteiger partial charge in [-0.1, -0.05) is 18.5 Å². The molecule has 1 amide bonds. The van der Waals surface area contributed by atoms with Crippen LogP contribution >= 0.6 is 11.6 Å². The third-order valence-corrected chi connectivity index (χ3v) is 5.39. The molecule has 0 saturated heterocycles. The summed E-state index contributed by atoms with van der Waals surface area (Å²) in [6.07, 6.45) is 2.71. The Morgan fingerprint density at radius 1 is 1.54 bits per heavy atom. The number of halogens is 3. The zero-order valence-electron chi connectivity index (χ0n) is 14.6. The number of carbonyl (C=O) groups is 1. The van der Waals surface area contributed by atoms with Gasteiger partial charge in [-0.25, -0.2) is 8.78 Å². The second kappa shape index (κ2) is 7.53. The number of hydrogen-bond acceptors (Lipinski definition) is 2. The van der Waals surface area contributed by atoms with Gasteiger partial charge in [0.05, 0.1) is 22.7 Å². The molecule has 2 atom stereocenters. The number of hydrogen-bond donors (Lipinski definition) is 2. The first-order valence-electron chi connectivity index (χ1n) is 8.89. The van der Waals surface area contributed by atoms with E-state index in [-0.39, 0.29) is 43.7 Å². The Morgan fingerprint density at radius 2 is 2.31 bits per heavy atom. The summed E-state index contributed by atoms with van der Waals surface area (Å²) in [6.45, 7) is 2.02. The molecule has 4 nitrogen and oxygen atoms in total. The van der Waals surface area contributed by atoms with E-state index in [0.29, 0.717) is 28.9 Å². The van der Waals surface area contributed by atoms with Gasteiger partial charge in [0.2, 0.25) is 5.92 Å². The summed E-state index contributed by atoms with van der Waals surface area (Å²) in [5.74, 6) is -3.35. The van der Waals surface area contributed by atoms with Crippen LogP contribution in [0.15, 0.2) is 24.4 Å². The van der Waals surface area contributed by atoms with Crippen LogP contribution in [-0.2, 0) is 0 Å². The molecule has 1 aliphatic rings. The number of alkyl halides is 2. The lowest BCUT2D eigenvalue weighted by molar-refractivity contribution is -0.0518. The summed E-state index contributed by atoms with van der Waals surface area (Å²) in [4.78, 5) is 12.7. The minimum absolute atomic E-state index is 0.0587. The molecule has 2 heterocycles. The van der Waals surface area contributed by atoms with Crippen LogP contribution in [0.4, 0.5) is 8.78 Å². The van der Waals surface area contributed by atoms with Gasteiger partial charge in [0, 0.05) is 37.2 Å². The number of aromatic nitrogens is 1. The molecule has 1 saturated carbocycles. The van der Waals surface area contributed by atoms with Gasteiger partial charge in [0.25, 0.3) is 5.91 Å². The van der Waals surface area contributed by atoms with Crippen molar-refractivity contribution < 1.29 is 18.7 Å². The highest BCUT2D eigenvalue weighted by molar-refractivity contribution is 6.34. The standard InChI is InChI=1S/C19H23ClF2N2O2/c1-12(11-25)16-8-14(17-15(20)5-3-7-24(16)17)18(26)23-10-13-4-2-6-19(21,22)9-13/h3,5,7-8,12-13,25H,2,4,6,9-11H2,1H3,(H,23,26). The minimum Gasteiger partial charge on any atom is -0.396 e. The van der Waals surface area contributed by atoms with Crippen molar-refractivity contribution in [1.82, 2.24) is 9.72 Å². The maximum absolute atomic E-state index is 13.5. The lowest BCUT2D eigenvalue weighted by atomic mass is 9.86. The van der Waals surface area contributed by atoms with Crippen LogP contribution in [-0.4, -0.2) is 34.5 Å². The Labute approximate surface area is 156 Å². The van der Waals surface area contributed by atoms with Crippen LogP contribution in [0.1, 0.15) is 54.6 Å². The zero-order valence-corrected chi connectivity index (χ0v) is 15.4. The van der Waals surface area contributed by atoms with Crippen molar-refractivity contribution in [2.75, 3.05) is 13.2 Å². The summed E-state index contributed by atoms with van der Waals surface area (Å²) < 4.78 is 28.9. The average Bonchev–Trinajstić information content (AvgIpc) is 2.99. The lowest BCUT2D eigenvalue weighted by Crippen LogP contribution is -2.35. The molecule has 0 aromatic carbocycles. The Bertz CT molecular complexity index is 806. The molecular weight excluding hydrogens is 362 g/mol. The molecule has 2 aromatic rings. The third kappa shape index (κ3) is 3.86. The van der Waals surface area contributed by atoms with Gasteiger partial charge in [-0.05, 0) is 37.0 Å². The molecule has 7 heteroatoms. The summed E-state index contributed by atoms with van der Waals surface area (Å²) in [5, 5.41) is 12.7. The van der Waals surface area contributed by atoms with E-state index in [2.05, 4.69) is 5.32 Å². The van der Waals surface area contributed by atoms with Crippen molar-refractivity contribution in [3.8, 4) is 0 Å². The number of pyridine rings is 1. The second-order valence-corrected chi connectivity index (χ2v) is 7.58. The zero-order chi connectivity index (χ0) is 18.9. The van der Waals surface area contributed by atoms with E-state index in [1.807, 2.05) is 6.92 Å². The highest BCUT2D eigenvalue weighted by Crippen LogP contribution is 2.36. The number of aliphatic hydroxyl groups excluding tert-OH is 1. The highest BCUT2D eigenvalue weighted by atomic mass is 35.5. The van der Waals surface area contributed by atoms with Crippen LogP contribution in [0.25, 0.3) is 5.52 Å². The van der Waals surface area contributed by atoms with Crippen molar-refractivity contribution in [3.05, 3.63) is 40.7 Å². The number of nitrogens with zero attached hydrogens (tertiary/aromatic N) is 1. The van der Waals surface area contributed by atoms with Crippen LogP contribution in [0.3, 0.4) is 0 Å². The molecule has 1 aliphatic carbocycles. The summed E-state index contributed by atoms with van der Waals surface area (Å²) >= 11 is 6.29. The molecule has 26 heavy (non-hydrogen) atoms. The molecule has 3 rings (SSSR count). The predicted molar refractivity (Wildman–Crippen MR) is 97.1 cm³/mol. The molecule has 2 N–H and O–H groups in total. The van der Waals surface area contributed by atoms with Gasteiger partial charge < -0.3 is 14.8 Å². The van der Waals surface area contributed by atoms with E-state index in [1.54, 1.807) is 28.8 Å². The Hall–Kier alpha value is -1.66. The van der Waals surface area contributed by atoms with Crippen LogP contribution in [0, 0.1) is 5.92 Å². The van der Waals surface area contributed by atoms with Crippen molar-refractivity contribution in [1.29, 1.82) is 0 Å². The number of nitrogens with one attached hydrogen (secondary N) is 1. The largest absolute Gasteiger partial charge is 0.396 e. The fourth-order valence-corrected chi connectivity index (χ4v) is 3.94. The van der Waals surface area contributed by atoms with E-state index in [9.17, 15) is 18.7 Å². The number of carbonyl (C=O) groups excluding carboxylic acids is 1. The monoisotopic (exact) mass is 384 g/mol. The molecular formula is C19H23ClF2N2O2. The van der Waals surface area contributed by atoms with E-state index in [4.69, 9.17) is 11.6 Å². The summed E-state index contributed by atoms with van der Waals surface area (Å²) in [5.41, 5.74) is 1.74. The first-order chi connectivity index (χ1) is 12.3. The van der Waals surface area contributed by atoms with Gasteiger partial charge in [-0.2, -0.15) is 0 Å². The maximum atomic E-state index is 13.5. The first-order valence-corrected chi connectivity index (χ1v) is 9.26. The molecule has 0 aliphatic heterocycles. The minimum atomic E-state index is -2.64. The Morgan fingerprint density at radius 3 is 3.00 bits per heavy atom. The highest BCUT2D eigenvalue weighted by Gasteiger charge is 2.36. The van der Waals surface area contributed by atoms with E-state index in [0.717, 1.165) is 5.69 Å². The van der Waals surface area contributed by atoms with Gasteiger partial charge in [-0.15, -0.1) is 0 Å². The fourth-order valence-electron chi connectivity index (χ4n) is 3.67. The summed E-state index contributed by atoms with van der Waals surface area (Å²) in [7, 11) is 0. The molecule has 2 unspecified atom stereocenters. The van der Waals surface area contributed by atoms with Gasteiger partial charge in [0.15, 0.2) is 0 Å². The van der Waals surface area contributed by atoms with E-state index < -0.39 is 5.92 Å². The van der Waals surface area contributed by atoms with Crippen LogP contribution in [0.5, 0.6) is 0 Å².